The van der Waals surface area contributed by atoms with Crippen LogP contribution in [0.25, 0.3) is 0 Å². The Morgan fingerprint density at radius 1 is 1.37 bits per heavy atom. The molecular weight excluding hydrogens is 249 g/mol. The van der Waals surface area contributed by atoms with Crippen LogP contribution in [0.5, 0.6) is 0 Å². The molecule has 0 aliphatic heterocycles. The summed E-state index contributed by atoms with van der Waals surface area (Å²) < 4.78 is 13.0. The Bertz CT molecular complexity index is 493. The van der Waals surface area contributed by atoms with Crippen molar-refractivity contribution < 1.29 is 14.0 Å². The summed E-state index contributed by atoms with van der Waals surface area (Å²) in [7, 11) is 0. The summed E-state index contributed by atoms with van der Waals surface area (Å²) in [6, 6.07) is 6.39. The van der Waals surface area contributed by atoms with Gasteiger partial charge in [0.25, 0.3) is 0 Å². The van der Waals surface area contributed by atoms with Crippen molar-refractivity contribution >= 4 is 11.8 Å². The molecule has 4 N–H and O–H groups in total. The second kappa shape index (κ2) is 5.79. The molecule has 0 heterocycles. The summed E-state index contributed by atoms with van der Waals surface area (Å²) in [4.78, 5) is 22.4. The summed E-state index contributed by atoms with van der Waals surface area (Å²) in [6.45, 7) is -0.217. The van der Waals surface area contributed by atoms with Gasteiger partial charge in [-0.2, -0.15) is 0 Å². The van der Waals surface area contributed by atoms with Gasteiger partial charge in [-0.3, -0.25) is 9.59 Å². The SMILES string of the molecule is NCC(=O)NCC(=O)NC1CC1c1cccc(F)c1. The fourth-order valence-corrected chi connectivity index (χ4v) is 1.97. The van der Waals surface area contributed by atoms with E-state index in [1.54, 1.807) is 6.07 Å². The molecule has 0 saturated heterocycles. The van der Waals surface area contributed by atoms with E-state index in [4.69, 9.17) is 5.73 Å². The lowest BCUT2D eigenvalue weighted by Gasteiger charge is -2.06. The molecular formula is C13H16FN3O2. The van der Waals surface area contributed by atoms with Gasteiger partial charge in [0.05, 0.1) is 13.1 Å². The lowest BCUT2D eigenvalue weighted by Crippen LogP contribution is -2.40. The Hall–Kier alpha value is -1.95. The molecule has 0 spiro atoms. The third-order valence-corrected chi connectivity index (χ3v) is 3.05. The van der Waals surface area contributed by atoms with Gasteiger partial charge in [-0.25, -0.2) is 4.39 Å². The zero-order chi connectivity index (χ0) is 13.8. The molecule has 1 aromatic rings. The van der Waals surface area contributed by atoms with Crippen LogP contribution in [0.3, 0.4) is 0 Å². The van der Waals surface area contributed by atoms with E-state index in [2.05, 4.69) is 10.6 Å². The normalized spacial score (nSPS) is 20.7. The van der Waals surface area contributed by atoms with Crippen molar-refractivity contribution in [1.29, 1.82) is 0 Å². The first-order valence-corrected chi connectivity index (χ1v) is 6.11. The van der Waals surface area contributed by atoms with Crippen LogP contribution >= 0.6 is 0 Å². The van der Waals surface area contributed by atoms with E-state index in [0.717, 1.165) is 12.0 Å². The molecule has 102 valence electrons. The number of carbonyl (C=O) groups is 2. The predicted octanol–water partition coefficient (Wildman–Crippen LogP) is -0.127. The Morgan fingerprint density at radius 2 is 2.16 bits per heavy atom. The van der Waals surface area contributed by atoms with Crippen LogP contribution in [0.4, 0.5) is 4.39 Å². The zero-order valence-corrected chi connectivity index (χ0v) is 10.4. The van der Waals surface area contributed by atoms with E-state index < -0.39 is 0 Å². The molecule has 1 aromatic carbocycles. The fourth-order valence-electron chi connectivity index (χ4n) is 1.97. The Balaban J connectivity index is 1.77. The quantitative estimate of drug-likeness (QED) is 0.693. The largest absolute Gasteiger partial charge is 0.351 e. The standard InChI is InChI=1S/C13H16FN3O2/c14-9-3-1-2-8(4-9)10-5-11(10)17-13(19)7-16-12(18)6-15/h1-4,10-11H,5-7,15H2,(H,16,18)(H,17,19). The summed E-state index contributed by atoms with van der Waals surface area (Å²) in [6.07, 6.45) is 0.792. The number of nitrogens with two attached hydrogens (primary N) is 1. The summed E-state index contributed by atoms with van der Waals surface area (Å²) in [5.41, 5.74) is 5.99. The number of hydrogen-bond donors (Lipinski definition) is 3. The average Bonchev–Trinajstić information content (AvgIpc) is 3.15. The highest BCUT2D eigenvalue weighted by atomic mass is 19.1. The first-order valence-electron chi connectivity index (χ1n) is 6.11. The highest BCUT2D eigenvalue weighted by Gasteiger charge is 2.39. The van der Waals surface area contributed by atoms with Crippen LogP contribution < -0.4 is 16.4 Å². The van der Waals surface area contributed by atoms with Crippen molar-refractivity contribution in [1.82, 2.24) is 10.6 Å². The monoisotopic (exact) mass is 265 g/mol. The number of halogens is 1. The van der Waals surface area contributed by atoms with Crippen molar-refractivity contribution in [2.24, 2.45) is 5.73 Å². The smallest absolute Gasteiger partial charge is 0.239 e. The lowest BCUT2D eigenvalue weighted by atomic mass is 10.1. The maximum Gasteiger partial charge on any atom is 0.239 e. The molecule has 0 aromatic heterocycles. The molecule has 0 radical (unpaired) electrons. The van der Waals surface area contributed by atoms with Crippen LogP contribution in [-0.4, -0.2) is 30.9 Å². The van der Waals surface area contributed by atoms with Crippen LogP contribution in [0, 0.1) is 5.82 Å². The van der Waals surface area contributed by atoms with Gasteiger partial charge >= 0.3 is 0 Å². The van der Waals surface area contributed by atoms with Crippen LogP contribution in [0.15, 0.2) is 24.3 Å². The van der Waals surface area contributed by atoms with Crippen LogP contribution in [-0.2, 0) is 9.59 Å². The molecule has 6 heteroatoms. The van der Waals surface area contributed by atoms with Crippen LogP contribution in [0.2, 0.25) is 0 Å². The minimum absolute atomic E-state index is 0.0177. The number of amides is 2. The van der Waals surface area contributed by atoms with E-state index in [-0.39, 0.29) is 42.7 Å². The number of hydrogen-bond acceptors (Lipinski definition) is 3. The fraction of sp³-hybridized carbons (Fsp3) is 0.385. The van der Waals surface area contributed by atoms with Crippen molar-refractivity contribution in [3.63, 3.8) is 0 Å². The van der Waals surface area contributed by atoms with Gasteiger partial charge in [0.2, 0.25) is 11.8 Å². The van der Waals surface area contributed by atoms with Gasteiger partial charge in [0.15, 0.2) is 0 Å². The van der Waals surface area contributed by atoms with E-state index in [1.165, 1.54) is 12.1 Å². The molecule has 1 saturated carbocycles. The maximum atomic E-state index is 13.0. The summed E-state index contributed by atoms with van der Waals surface area (Å²) >= 11 is 0. The van der Waals surface area contributed by atoms with E-state index in [9.17, 15) is 14.0 Å². The third kappa shape index (κ3) is 3.75. The third-order valence-electron chi connectivity index (χ3n) is 3.05. The number of rotatable bonds is 5. The summed E-state index contributed by atoms with van der Waals surface area (Å²) in [5.74, 6) is -0.743. The minimum atomic E-state index is -0.368. The van der Waals surface area contributed by atoms with Gasteiger partial charge in [0.1, 0.15) is 5.82 Å². The van der Waals surface area contributed by atoms with Gasteiger partial charge in [0, 0.05) is 12.0 Å². The maximum absolute atomic E-state index is 13.0. The summed E-state index contributed by atoms with van der Waals surface area (Å²) in [5, 5.41) is 5.18. The molecule has 2 unspecified atom stereocenters. The van der Waals surface area contributed by atoms with Gasteiger partial charge < -0.3 is 16.4 Å². The number of benzene rings is 1. The highest BCUT2D eigenvalue weighted by molar-refractivity contribution is 5.85. The molecule has 1 fully saturated rings. The Morgan fingerprint density at radius 3 is 2.84 bits per heavy atom. The minimum Gasteiger partial charge on any atom is -0.351 e. The molecule has 19 heavy (non-hydrogen) atoms. The first-order chi connectivity index (χ1) is 9.10. The van der Waals surface area contributed by atoms with E-state index in [1.807, 2.05) is 6.07 Å². The molecule has 1 aliphatic carbocycles. The number of carbonyl (C=O) groups excluding carboxylic acids is 2. The van der Waals surface area contributed by atoms with Crippen molar-refractivity contribution in [2.75, 3.05) is 13.1 Å². The van der Waals surface area contributed by atoms with Gasteiger partial charge in [-0.15, -0.1) is 0 Å². The van der Waals surface area contributed by atoms with E-state index in [0.29, 0.717) is 0 Å². The van der Waals surface area contributed by atoms with Crippen molar-refractivity contribution in [3.05, 3.63) is 35.6 Å². The average molecular weight is 265 g/mol. The Kier molecular flexibility index (Phi) is 4.11. The number of nitrogens with one attached hydrogen (secondary N) is 2. The van der Waals surface area contributed by atoms with Crippen LogP contribution in [0.1, 0.15) is 17.9 Å². The predicted molar refractivity (Wildman–Crippen MR) is 67.8 cm³/mol. The lowest BCUT2D eigenvalue weighted by molar-refractivity contribution is -0.125. The van der Waals surface area contributed by atoms with Crippen molar-refractivity contribution in [3.8, 4) is 0 Å². The zero-order valence-electron chi connectivity index (χ0n) is 10.4. The second-order valence-electron chi connectivity index (χ2n) is 4.55. The molecule has 2 atom stereocenters. The topological polar surface area (TPSA) is 84.2 Å². The molecule has 5 nitrogen and oxygen atoms in total. The Labute approximate surface area is 110 Å². The molecule has 2 amide bonds. The van der Waals surface area contributed by atoms with Crippen molar-refractivity contribution in [2.45, 2.75) is 18.4 Å². The molecule has 1 aliphatic rings. The first kappa shape index (κ1) is 13.5. The van der Waals surface area contributed by atoms with E-state index >= 15 is 0 Å². The highest BCUT2D eigenvalue weighted by Crippen LogP contribution is 2.40. The van der Waals surface area contributed by atoms with Gasteiger partial charge in [-0.1, -0.05) is 12.1 Å². The second-order valence-corrected chi connectivity index (χ2v) is 4.55. The molecule has 2 rings (SSSR count). The molecule has 0 bridgehead atoms. The van der Waals surface area contributed by atoms with Gasteiger partial charge in [-0.05, 0) is 24.1 Å².